The number of hydrogen-bond acceptors (Lipinski definition) is 3. The van der Waals surface area contributed by atoms with Crippen LogP contribution in [0.15, 0.2) is 0 Å². The van der Waals surface area contributed by atoms with Gasteiger partial charge in [-0.2, -0.15) is 0 Å². The molecule has 0 bridgehead atoms. The smallest absolute Gasteiger partial charge is 0.339 e. The molecule has 0 aliphatic carbocycles. The third kappa shape index (κ3) is 1.86. The lowest BCUT2D eigenvalue weighted by Crippen LogP contribution is -2.04. The minimum Gasteiger partial charge on any atom is -0.465 e. The first-order chi connectivity index (χ1) is 6.11. The molecule has 2 nitrogen and oxygen atoms in total. The van der Waals surface area contributed by atoms with Crippen LogP contribution in [-0.2, 0) is 11.2 Å². The zero-order valence-electron chi connectivity index (χ0n) is 7.81. The number of methoxy groups -OCH3 is 1. The molecule has 0 aromatic carbocycles. The first-order valence-electron chi connectivity index (χ1n) is 3.97. The van der Waals surface area contributed by atoms with E-state index in [1.165, 1.54) is 18.4 Å². The second-order valence-electron chi connectivity index (χ2n) is 2.64. The van der Waals surface area contributed by atoms with Gasteiger partial charge in [0.05, 0.1) is 17.0 Å². The predicted octanol–water partition coefficient (Wildman–Crippen LogP) is 3.06. The van der Waals surface area contributed by atoms with Gasteiger partial charge < -0.3 is 4.74 Å². The Bertz CT molecular complexity index is 331. The highest BCUT2D eigenvalue weighted by Gasteiger charge is 2.19. The van der Waals surface area contributed by atoms with Crippen LogP contribution in [0.25, 0.3) is 0 Å². The van der Waals surface area contributed by atoms with Gasteiger partial charge in [0, 0.05) is 4.88 Å². The molecule has 4 heteroatoms. The third-order valence-electron chi connectivity index (χ3n) is 1.87. The van der Waals surface area contributed by atoms with Gasteiger partial charge in [0.15, 0.2) is 0 Å². The van der Waals surface area contributed by atoms with Crippen molar-refractivity contribution in [3.63, 3.8) is 0 Å². The van der Waals surface area contributed by atoms with E-state index in [9.17, 15) is 4.79 Å². The van der Waals surface area contributed by atoms with Crippen molar-refractivity contribution in [3.8, 4) is 0 Å². The predicted molar refractivity (Wildman–Crippen MR) is 54.8 cm³/mol. The first kappa shape index (κ1) is 10.5. The molecule has 0 saturated carbocycles. The molecule has 0 spiro atoms. The number of esters is 1. The Morgan fingerprint density at radius 3 is 2.69 bits per heavy atom. The standard InChI is InChI=1S/C9H11ClO2S/c1-4-6-7(9(11)12-3)5(2)8(10)13-6/h4H2,1-3H3. The van der Waals surface area contributed by atoms with Crippen LogP contribution >= 0.6 is 22.9 Å². The molecule has 13 heavy (non-hydrogen) atoms. The van der Waals surface area contributed by atoms with Crippen LogP contribution in [0.3, 0.4) is 0 Å². The zero-order valence-corrected chi connectivity index (χ0v) is 9.38. The van der Waals surface area contributed by atoms with E-state index < -0.39 is 0 Å². The Morgan fingerprint density at radius 2 is 2.23 bits per heavy atom. The van der Waals surface area contributed by atoms with E-state index in [1.807, 2.05) is 13.8 Å². The van der Waals surface area contributed by atoms with E-state index in [4.69, 9.17) is 11.6 Å². The summed E-state index contributed by atoms with van der Waals surface area (Å²) in [6.45, 7) is 3.83. The van der Waals surface area contributed by atoms with Gasteiger partial charge in [-0.25, -0.2) is 4.79 Å². The van der Waals surface area contributed by atoms with Gasteiger partial charge in [-0.3, -0.25) is 0 Å². The number of aryl methyl sites for hydroxylation is 1. The maximum Gasteiger partial charge on any atom is 0.339 e. The van der Waals surface area contributed by atoms with Crippen LogP contribution in [0.2, 0.25) is 4.34 Å². The molecule has 0 aliphatic rings. The highest BCUT2D eigenvalue weighted by molar-refractivity contribution is 7.16. The van der Waals surface area contributed by atoms with Crippen LogP contribution in [0.4, 0.5) is 0 Å². The van der Waals surface area contributed by atoms with E-state index >= 15 is 0 Å². The molecule has 1 rings (SSSR count). The highest BCUT2D eigenvalue weighted by atomic mass is 35.5. The van der Waals surface area contributed by atoms with Crippen molar-refractivity contribution in [3.05, 3.63) is 20.3 Å². The summed E-state index contributed by atoms with van der Waals surface area (Å²) in [6.07, 6.45) is 0.808. The number of carbonyl (C=O) groups excluding carboxylic acids is 1. The summed E-state index contributed by atoms with van der Waals surface area (Å²) in [6, 6.07) is 0. The fourth-order valence-corrected chi connectivity index (χ4v) is 2.49. The second-order valence-corrected chi connectivity index (χ2v) is 4.35. The van der Waals surface area contributed by atoms with E-state index in [0.717, 1.165) is 16.9 Å². The number of thiophene rings is 1. The molecule has 1 aromatic heterocycles. The fourth-order valence-electron chi connectivity index (χ4n) is 1.16. The van der Waals surface area contributed by atoms with Crippen molar-refractivity contribution in [2.75, 3.05) is 7.11 Å². The van der Waals surface area contributed by atoms with E-state index in [1.54, 1.807) is 0 Å². The van der Waals surface area contributed by atoms with Gasteiger partial charge in [-0.1, -0.05) is 18.5 Å². The summed E-state index contributed by atoms with van der Waals surface area (Å²) < 4.78 is 5.36. The summed E-state index contributed by atoms with van der Waals surface area (Å²) in [4.78, 5) is 12.3. The molecule has 0 atom stereocenters. The molecule has 0 saturated heterocycles. The Hall–Kier alpha value is -0.540. The molecular weight excluding hydrogens is 208 g/mol. The number of carbonyl (C=O) groups is 1. The Kier molecular flexibility index (Phi) is 3.33. The lowest BCUT2D eigenvalue weighted by molar-refractivity contribution is 0.0599. The maximum absolute atomic E-state index is 11.4. The van der Waals surface area contributed by atoms with Gasteiger partial charge >= 0.3 is 5.97 Å². The van der Waals surface area contributed by atoms with Crippen LogP contribution in [-0.4, -0.2) is 13.1 Å². The maximum atomic E-state index is 11.4. The summed E-state index contributed by atoms with van der Waals surface area (Å²) in [5.74, 6) is -0.294. The average Bonchev–Trinajstić information content (AvgIpc) is 2.42. The summed E-state index contributed by atoms with van der Waals surface area (Å²) in [5.41, 5.74) is 1.47. The molecule has 1 aromatic rings. The normalized spacial score (nSPS) is 10.2. The number of hydrogen-bond donors (Lipinski definition) is 0. The number of halogens is 1. The molecule has 72 valence electrons. The number of rotatable bonds is 2. The Labute approximate surface area is 86.5 Å². The minimum atomic E-state index is -0.294. The van der Waals surface area contributed by atoms with Gasteiger partial charge in [-0.15, -0.1) is 11.3 Å². The molecule has 0 N–H and O–H groups in total. The second kappa shape index (κ2) is 4.11. The van der Waals surface area contributed by atoms with Gasteiger partial charge in [0.2, 0.25) is 0 Å². The fraction of sp³-hybridized carbons (Fsp3) is 0.444. The van der Waals surface area contributed by atoms with Crippen molar-refractivity contribution < 1.29 is 9.53 Å². The molecule has 0 aliphatic heterocycles. The summed E-state index contributed by atoms with van der Waals surface area (Å²) >= 11 is 7.37. The molecular formula is C9H11ClO2S. The van der Waals surface area contributed by atoms with Crippen molar-refractivity contribution in [2.24, 2.45) is 0 Å². The van der Waals surface area contributed by atoms with Crippen LogP contribution in [0, 0.1) is 6.92 Å². The minimum absolute atomic E-state index is 0.294. The van der Waals surface area contributed by atoms with Crippen molar-refractivity contribution in [1.29, 1.82) is 0 Å². The van der Waals surface area contributed by atoms with Crippen molar-refractivity contribution >= 4 is 28.9 Å². The Balaban J connectivity index is 3.23. The Morgan fingerprint density at radius 1 is 1.62 bits per heavy atom. The van der Waals surface area contributed by atoms with E-state index in [-0.39, 0.29) is 5.97 Å². The van der Waals surface area contributed by atoms with Gasteiger partial charge in [-0.05, 0) is 18.9 Å². The lowest BCUT2D eigenvalue weighted by atomic mass is 10.1. The largest absolute Gasteiger partial charge is 0.465 e. The zero-order chi connectivity index (χ0) is 10.0. The lowest BCUT2D eigenvalue weighted by Gasteiger charge is -2.00. The van der Waals surface area contributed by atoms with E-state index in [2.05, 4.69) is 4.74 Å². The average molecular weight is 219 g/mol. The van der Waals surface area contributed by atoms with Gasteiger partial charge in [0.1, 0.15) is 0 Å². The topological polar surface area (TPSA) is 26.3 Å². The van der Waals surface area contributed by atoms with Crippen molar-refractivity contribution in [2.45, 2.75) is 20.3 Å². The van der Waals surface area contributed by atoms with Crippen molar-refractivity contribution in [1.82, 2.24) is 0 Å². The molecule has 1 heterocycles. The SMILES string of the molecule is CCc1sc(Cl)c(C)c1C(=O)OC. The summed E-state index contributed by atoms with van der Waals surface area (Å²) in [5, 5.41) is 0. The summed E-state index contributed by atoms with van der Waals surface area (Å²) in [7, 11) is 1.38. The molecule has 0 fully saturated rings. The van der Waals surface area contributed by atoms with Crippen LogP contribution < -0.4 is 0 Å². The first-order valence-corrected chi connectivity index (χ1v) is 5.17. The molecule has 0 amide bonds. The van der Waals surface area contributed by atoms with Gasteiger partial charge in [0.25, 0.3) is 0 Å². The van der Waals surface area contributed by atoms with E-state index in [0.29, 0.717) is 9.90 Å². The quantitative estimate of drug-likeness (QED) is 0.714. The molecule has 0 radical (unpaired) electrons. The molecule has 0 unspecified atom stereocenters. The van der Waals surface area contributed by atoms with Crippen LogP contribution in [0.1, 0.15) is 27.7 Å². The third-order valence-corrected chi connectivity index (χ3v) is 3.61. The monoisotopic (exact) mass is 218 g/mol. The number of ether oxygens (including phenoxy) is 1. The highest BCUT2D eigenvalue weighted by Crippen LogP contribution is 2.32. The van der Waals surface area contributed by atoms with Crippen LogP contribution in [0.5, 0.6) is 0 Å².